The minimum Gasteiger partial charge on any atom is -0.493 e. The molecular weight excluding hydrogens is 472 g/mol. The molecule has 2 aromatic carbocycles. The molecule has 0 radical (unpaired) electrons. The number of thioether (sulfide) groups is 1. The van der Waals surface area contributed by atoms with Gasteiger partial charge >= 0.3 is 0 Å². The molecule has 1 aliphatic rings. The molecule has 1 atom stereocenters. The molecule has 2 heterocycles. The van der Waals surface area contributed by atoms with Crippen LogP contribution in [0.25, 0.3) is 0 Å². The van der Waals surface area contributed by atoms with E-state index < -0.39 is 5.92 Å². The fourth-order valence-corrected chi connectivity index (χ4v) is 5.08. The van der Waals surface area contributed by atoms with E-state index in [-0.39, 0.29) is 5.91 Å². The van der Waals surface area contributed by atoms with Crippen molar-refractivity contribution in [2.24, 2.45) is 0 Å². The molecule has 4 rings (SSSR count). The van der Waals surface area contributed by atoms with Crippen LogP contribution in [0.5, 0.6) is 11.5 Å². The Morgan fingerprint density at radius 2 is 1.89 bits per heavy atom. The molecule has 3 aromatic rings. The number of rotatable bonds is 8. The number of allylic oxidation sites excluding steroid dienone is 2. The highest BCUT2D eigenvalue weighted by Crippen LogP contribution is 2.43. The Kier molecular flexibility index (Phi) is 7.93. The Hall–Kier alpha value is -4.22. The van der Waals surface area contributed by atoms with Crippen LogP contribution < -0.4 is 20.1 Å². The first kappa shape index (κ1) is 24.9. The molecule has 1 amide bonds. The van der Waals surface area contributed by atoms with Crippen molar-refractivity contribution in [1.82, 2.24) is 10.3 Å². The Labute approximate surface area is 214 Å². The standard InChI is InChI=1S/C28H26N4O3S/c1-18-25(27(33)32-21-9-5-4-6-10-21)26(20-11-12-23(34-2)24(14-20)35-3)22(15-29)28(31-18)36-17-19-8-7-13-30-16-19/h4-14,16,26,31H,17H2,1-3H3,(H,32,33). The van der Waals surface area contributed by atoms with Gasteiger partial charge in [0.25, 0.3) is 5.91 Å². The molecule has 0 saturated carbocycles. The van der Waals surface area contributed by atoms with Crippen LogP contribution in [0.1, 0.15) is 24.0 Å². The number of dihydropyridines is 1. The maximum absolute atomic E-state index is 13.6. The minimum absolute atomic E-state index is 0.282. The maximum Gasteiger partial charge on any atom is 0.254 e. The van der Waals surface area contributed by atoms with Crippen LogP contribution in [-0.2, 0) is 10.5 Å². The summed E-state index contributed by atoms with van der Waals surface area (Å²) in [5.74, 6) is 0.834. The van der Waals surface area contributed by atoms with Crippen LogP contribution in [0.3, 0.4) is 0 Å². The number of carbonyl (C=O) groups is 1. The number of pyridine rings is 1. The fraction of sp³-hybridized carbons (Fsp3) is 0.179. The second-order valence-electron chi connectivity index (χ2n) is 8.04. The van der Waals surface area contributed by atoms with Crippen LogP contribution >= 0.6 is 11.8 Å². The summed E-state index contributed by atoms with van der Waals surface area (Å²) in [5.41, 5.74) is 4.06. The van der Waals surface area contributed by atoms with E-state index in [1.807, 2.05) is 61.5 Å². The van der Waals surface area contributed by atoms with Crippen molar-refractivity contribution in [3.8, 4) is 17.6 Å². The normalized spacial score (nSPS) is 15.1. The van der Waals surface area contributed by atoms with Crippen LogP contribution in [0.4, 0.5) is 5.69 Å². The summed E-state index contributed by atoms with van der Waals surface area (Å²) in [6.45, 7) is 1.85. The Morgan fingerprint density at radius 1 is 1.11 bits per heavy atom. The number of nitrogens with one attached hydrogen (secondary N) is 2. The lowest BCUT2D eigenvalue weighted by atomic mass is 9.82. The molecule has 8 heteroatoms. The van der Waals surface area contributed by atoms with E-state index in [1.165, 1.54) is 11.8 Å². The van der Waals surface area contributed by atoms with Gasteiger partial charge in [0, 0.05) is 35.1 Å². The largest absolute Gasteiger partial charge is 0.493 e. The fourth-order valence-electron chi connectivity index (χ4n) is 4.05. The summed E-state index contributed by atoms with van der Waals surface area (Å²) in [6.07, 6.45) is 3.53. The Morgan fingerprint density at radius 3 is 2.56 bits per heavy atom. The number of nitrogens with zero attached hydrogens (tertiary/aromatic N) is 2. The molecular formula is C28H26N4O3S. The summed E-state index contributed by atoms with van der Waals surface area (Å²) < 4.78 is 10.9. The lowest BCUT2D eigenvalue weighted by Gasteiger charge is -2.30. The molecule has 1 aromatic heterocycles. The van der Waals surface area contributed by atoms with Crippen LogP contribution in [0.15, 0.2) is 94.9 Å². The van der Waals surface area contributed by atoms with E-state index in [0.29, 0.717) is 44.8 Å². The van der Waals surface area contributed by atoms with E-state index in [2.05, 4.69) is 21.7 Å². The van der Waals surface area contributed by atoms with Gasteiger partial charge in [-0.15, -0.1) is 11.8 Å². The third-order valence-corrected chi connectivity index (χ3v) is 6.86. The number of benzene rings is 2. The molecule has 0 bridgehead atoms. The molecule has 7 nitrogen and oxygen atoms in total. The third kappa shape index (κ3) is 5.37. The molecule has 182 valence electrons. The molecule has 1 unspecified atom stereocenters. The van der Waals surface area contributed by atoms with Gasteiger partial charge in [-0.05, 0) is 48.4 Å². The topological polar surface area (TPSA) is 96.3 Å². The first-order chi connectivity index (χ1) is 17.5. The predicted octanol–water partition coefficient (Wildman–Crippen LogP) is 5.37. The quantitative estimate of drug-likeness (QED) is 0.431. The van der Waals surface area contributed by atoms with Gasteiger partial charge in [-0.2, -0.15) is 5.26 Å². The van der Waals surface area contributed by atoms with Crippen molar-refractivity contribution < 1.29 is 14.3 Å². The summed E-state index contributed by atoms with van der Waals surface area (Å²) in [7, 11) is 3.13. The van der Waals surface area contributed by atoms with Crippen molar-refractivity contribution in [3.63, 3.8) is 0 Å². The number of ether oxygens (including phenoxy) is 2. The number of hydrogen-bond donors (Lipinski definition) is 2. The number of aromatic nitrogens is 1. The third-order valence-electron chi connectivity index (χ3n) is 5.77. The van der Waals surface area contributed by atoms with E-state index in [1.54, 1.807) is 32.7 Å². The second-order valence-corrected chi connectivity index (χ2v) is 9.02. The molecule has 0 aliphatic carbocycles. The molecule has 2 N–H and O–H groups in total. The van der Waals surface area contributed by atoms with Gasteiger partial charge in [-0.1, -0.05) is 30.3 Å². The van der Waals surface area contributed by atoms with Gasteiger partial charge in [0.1, 0.15) is 0 Å². The lowest BCUT2D eigenvalue weighted by Crippen LogP contribution is -2.30. The second kappa shape index (κ2) is 11.5. The summed E-state index contributed by atoms with van der Waals surface area (Å²) in [5, 5.41) is 17.3. The van der Waals surface area contributed by atoms with Gasteiger partial charge in [0.15, 0.2) is 11.5 Å². The summed E-state index contributed by atoms with van der Waals surface area (Å²) in [4.78, 5) is 17.7. The number of nitriles is 1. The highest BCUT2D eigenvalue weighted by Gasteiger charge is 2.35. The van der Waals surface area contributed by atoms with Crippen molar-refractivity contribution in [2.75, 3.05) is 19.5 Å². The summed E-state index contributed by atoms with van der Waals surface area (Å²) >= 11 is 1.50. The zero-order chi connectivity index (χ0) is 25.5. The van der Waals surface area contributed by atoms with Crippen molar-refractivity contribution >= 4 is 23.4 Å². The molecule has 0 fully saturated rings. The van der Waals surface area contributed by atoms with E-state index >= 15 is 0 Å². The highest BCUT2D eigenvalue weighted by molar-refractivity contribution is 8.02. The molecule has 0 saturated heterocycles. The monoisotopic (exact) mass is 498 g/mol. The smallest absolute Gasteiger partial charge is 0.254 e. The highest BCUT2D eigenvalue weighted by atomic mass is 32.2. The minimum atomic E-state index is -0.601. The van der Waals surface area contributed by atoms with Gasteiger partial charge in [0.05, 0.1) is 36.8 Å². The lowest BCUT2D eigenvalue weighted by molar-refractivity contribution is -0.113. The Bertz CT molecular complexity index is 1350. The molecule has 1 aliphatic heterocycles. The SMILES string of the molecule is COc1ccc(C2C(C#N)=C(SCc3cccnc3)NC(C)=C2C(=O)Nc2ccccc2)cc1OC. The zero-order valence-electron chi connectivity index (χ0n) is 20.2. The Balaban J connectivity index is 1.77. The average Bonchev–Trinajstić information content (AvgIpc) is 2.92. The number of hydrogen-bond acceptors (Lipinski definition) is 7. The molecule has 36 heavy (non-hydrogen) atoms. The number of methoxy groups -OCH3 is 2. The predicted molar refractivity (Wildman–Crippen MR) is 141 cm³/mol. The van der Waals surface area contributed by atoms with Gasteiger partial charge in [-0.25, -0.2) is 0 Å². The van der Waals surface area contributed by atoms with Gasteiger partial charge < -0.3 is 20.1 Å². The first-order valence-corrected chi connectivity index (χ1v) is 12.3. The maximum atomic E-state index is 13.6. The van der Waals surface area contributed by atoms with E-state index in [4.69, 9.17) is 9.47 Å². The van der Waals surface area contributed by atoms with Crippen LogP contribution in [0, 0.1) is 11.3 Å². The number of amides is 1. The molecule has 0 spiro atoms. The summed E-state index contributed by atoms with van der Waals surface area (Å²) in [6, 6.07) is 21.0. The number of anilines is 1. The van der Waals surface area contributed by atoms with Gasteiger partial charge in [-0.3, -0.25) is 9.78 Å². The average molecular weight is 499 g/mol. The van der Waals surface area contributed by atoms with Crippen molar-refractivity contribution in [3.05, 3.63) is 106 Å². The van der Waals surface area contributed by atoms with Gasteiger partial charge in [0.2, 0.25) is 0 Å². The first-order valence-electron chi connectivity index (χ1n) is 11.3. The van der Waals surface area contributed by atoms with E-state index in [9.17, 15) is 10.1 Å². The van der Waals surface area contributed by atoms with Crippen molar-refractivity contribution in [1.29, 1.82) is 5.26 Å². The zero-order valence-corrected chi connectivity index (χ0v) is 21.1. The van der Waals surface area contributed by atoms with Crippen LogP contribution in [0.2, 0.25) is 0 Å². The number of carbonyl (C=O) groups excluding carboxylic acids is 1. The van der Waals surface area contributed by atoms with Crippen molar-refractivity contribution in [2.45, 2.75) is 18.6 Å². The van der Waals surface area contributed by atoms with E-state index in [0.717, 1.165) is 11.1 Å². The van der Waals surface area contributed by atoms with Crippen LogP contribution in [-0.4, -0.2) is 25.1 Å². The number of para-hydroxylation sites is 1.